The number of likely N-dealkylation sites (tertiary alicyclic amines) is 1. The first-order valence-corrected chi connectivity index (χ1v) is 21.3. The summed E-state index contributed by atoms with van der Waals surface area (Å²) in [6.45, 7) is 4.40. The second-order valence-electron chi connectivity index (χ2n) is 16.9. The van der Waals surface area contributed by atoms with E-state index in [4.69, 9.17) is 11.6 Å². The van der Waals surface area contributed by atoms with Crippen LogP contribution in [0.25, 0.3) is 27.6 Å². The molecule has 6 heterocycles. The molecule has 14 nitrogen and oxygen atoms in total. The number of benzene rings is 3. The highest BCUT2D eigenvalue weighted by Crippen LogP contribution is 2.43. The van der Waals surface area contributed by atoms with Gasteiger partial charge in [-0.2, -0.15) is 5.10 Å². The van der Waals surface area contributed by atoms with Gasteiger partial charge < -0.3 is 24.6 Å². The number of carbonyl (C=O) groups excluding carboxylic acids is 5. The average molecular weight is 860 g/mol. The Labute approximate surface area is 362 Å². The van der Waals surface area contributed by atoms with E-state index in [0.29, 0.717) is 59.8 Å². The molecule has 9 rings (SSSR count). The fourth-order valence-corrected chi connectivity index (χ4v) is 9.40. The van der Waals surface area contributed by atoms with Crippen molar-refractivity contribution in [1.29, 1.82) is 0 Å². The number of H-pyrrole nitrogens is 1. The number of urea groups is 1. The summed E-state index contributed by atoms with van der Waals surface area (Å²) < 4.78 is 18.3. The zero-order valence-corrected chi connectivity index (χ0v) is 35.4. The van der Waals surface area contributed by atoms with Crippen LogP contribution in [-0.4, -0.2) is 119 Å². The summed E-state index contributed by atoms with van der Waals surface area (Å²) in [4.78, 5) is 76.0. The van der Waals surface area contributed by atoms with Gasteiger partial charge in [-0.1, -0.05) is 29.8 Å². The minimum Gasteiger partial charge on any atom is -0.371 e. The number of rotatable bonds is 9. The largest absolute Gasteiger partial charge is 0.371 e. The number of fused-ring (bicyclic) bond motifs is 1. The molecule has 0 radical (unpaired) electrons. The van der Waals surface area contributed by atoms with Crippen molar-refractivity contribution in [3.63, 3.8) is 0 Å². The Balaban J connectivity index is 0.889. The Hall–Kier alpha value is -6.48. The van der Waals surface area contributed by atoms with Crippen LogP contribution in [0.4, 0.5) is 20.6 Å². The van der Waals surface area contributed by atoms with Crippen LogP contribution in [0.5, 0.6) is 0 Å². The zero-order valence-electron chi connectivity index (χ0n) is 34.6. The van der Waals surface area contributed by atoms with Crippen LogP contribution in [0.1, 0.15) is 58.5 Å². The van der Waals surface area contributed by atoms with E-state index >= 15 is 4.39 Å². The van der Waals surface area contributed by atoms with Crippen molar-refractivity contribution in [1.82, 2.24) is 34.8 Å². The molecule has 0 aliphatic carbocycles. The molecule has 6 amide bonds. The van der Waals surface area contributed by atoms with E-state index in [-0.39, 0.29) is 66.2 Å². The minimum absolute atomic E-state index is 0.0209. The van der Waals surface area contributed by atoms with Crippen molar-refractivity contribution in [2.45, 2.75) is 38.6 Å². The molecule has 0 saturated carbocycles. The summed E-state index contributed by atoms with van der Waals surface area (Å²) in [5, 5.41) is 7.43. The molecule has 4 aliphatic rings. The lowest BCUT2D eigenvalue weighted by Crippen LogP contribution is -2.62. The van der Waals surface area contributed by atoms with Gasteiger partial charge >= 0.3 is 6.03 Å². The van der Waals surface area contributed by atoms with E-state index in [9.17, 15) is 24.0 Å². The fourth-order valence-electron chi connectivity index (χ4n) is 9.19. The molecule has 3 saturated heterocycles. The monoisotopic (exact) mass is 859 g/mol. The summed E-state index contributed by atoms with van der Waals surface area (Å²) in [6, 6.07) is 18.0. The van der Waals surface area contributed by atoms with Crippen molar-refractivity contribution in [2.24, 2.45) is 5.41 Å². The zero-order chi connectivity index (χ0) is 43.3. The Morgan fingerprint density at radius 2 is 1.71 bits per heavy atom. The lowest BCUT2D eigenvalue weighted by Gasteiger charge is -2.54. The van der Waals surface area contributed by atoms with Crippen molar-refractivity contribution in [2.75, 3.05) is 69.7 Å². The molecule has 2 aromatic heterocycles. The number of nitrogens with zero attached hydrogens (tertiary/aromatic N) is 7. The summed E-state index contributed by atoms with van der Waals surface area (Å²) in [6.07, 6.45) is 8.37. The van der Waals surface area contributed by atoms with Gasteiger partial charge in [0.2, 0.25) is 11.8 Å². The quantitative estimate of drug-likeness (QED) is 0.174. The number of piperidine rings is 1. The van der Waals surface area contributed by atoms with Crippen molar-refractivity contribution >= 4 is 69.1 Å². The van der Waals surface area contributed by atoms with Gasteiger partial charge in [-0.25, -0.2) is 9.18 Å². The molecule has 16 heteroatoms. The molecular formula is C46H47ClFN9O5. The van der Waals surface area contributed by atoms with Crippen LogP contribution >= 0.6 is 11.6 Å². The number of carbonyl (C=O) groups is 5. The molecule has 4 aliphatic heterocycles. The van der Waals surface area contributed by atoms with E-state index in [0.717, 1.165) is 48.3 Å². The van der Waals surface area contributed by atoms with Gasteiger partial charge in [-0.15, -0.1) is 0 Å². The SMILES string of the molecule is CN(C)C(=O)c1cc2c(-c3ccc(N4CCC5(CC4)CN(C(=O)c4ccc(Cl)c(N6CCC(=O)NC6=O)c4)C5)cc3)cc(C3=CCCN(C(=O)CCn4cccn4)C3)c(F)c2[nH]1. The average Bonchev–Trinajstić information content (AvgIpc) is 3.97. The molecule has 0 unspecified atom stereocenters. The highest BCUT2D eigenvalue weighted by Gasteiger charge is 2.47. The van der Waals surface area contributed by atoms with Gasteiger partial charge in [0, 0.05) is 119 Å². The third kappa shape index (κ3) is 7.81. The van der Waals surface area contributed by atoms with E-state index in [1.54, 1.807) is 54.1 Å². The van der Waals surface area contributed by atoms with Crippen LogP contribution in [0.15, 0.2) is 79.1 Å². The Bertz CT molecular complexity index is 2620. The summed E-state index contributed by atoms with van der Waals surface area (Å²) in [5.74, 6) is -1.21. The van der Waals surface area contributed by atoms with Crippen molar-refractivity contribution in [3.05, 3.63) is 107 Å². The number of aromatic amines is 1. The van der Waals surface area contributed by atoms with Gasteiger partial charge in [-0.3, -0.25) is 34.1 Å². The number of amides is 6. The topological polar surface area (TPSA) is 147 Å². The van der Waals surface area contributed by atoms with Crippen LogP contribution in [0.2, 0.25) is 5.02 Å². The van der Waals surface area contributed by atoms with Gasteiger partial charge in [0.25, 0.3) is 11.8 Å². The lowest BCUT2D eigenvalue weighted by molar-refractivity contribution is -0.131. The molecule has 320 valence electrons. The van der Waals surface area contributed by atoms with E-state index < -0.39 is 11.8 Å². The third-order valence-corrected chi connectivity index (χ3v) is 13.0. The highest BCUT2D eigenvalue weighted by atomic mass is 35.5. The molecule has 3 aromatic carbocycles. The maximum absolute atomic E-state index is 16.6. The second-order valence-corrected chi connectivity index (χ2v) is 17.3. The third-order valence-electron chi connectivity index (χ3n) is 12.7. The predicted molar refractivity (Wildman–Crippen MR) is 234 cm³/mol. The maximum Gasteiger partial charge on any atom is 0.328 e. The van der Waals surface area contributed by atoms with Crippen LogP contribution in [-0.2, 0) is 16.1 Å². The van der Waals surface area contributed by atoms with Crippen molar-refractivity contribution in [3.8, 4) is 11.1 Å². The van der Waals surface area contributed by atoms with Crippen LogP contribution < -0.4 is 15.1 Å². The number of hydrogen-bond donors (Lipinski definition) is 2. The standard InChI is InChI=1S/C46H47ClFN9O5/c1-52(2)44(61)37-25-35-33(24-34(41(48)42(35)50-37)31-5-3-17-54(26-31)40(59)13-19-56-18-4-16-49-56)29-6-9-32(10-7-29)53-21-14-46(15-22-53)27-55(28-46)43(60)30-8-11-36(47)38(23-30)57-20-12-39(58)51-45(57)62/h4-11,16,18,23-25,50H,3,12-15,17,19-22,26-28H2,1-2H3,(H,51,58,62). The van der Waals surface area contributed by atoms with E-state index in [1.165, 1.54) is 9.80 Å². The summed E-state index contributed by atoms with van der Waals surface area (Å²) >= 11 is 6.42. The molecule has 5 aromatic rings. The van der Waals surface area contributed by atoms with Gasteiger partial charge in [-0.05, 0) is 84.5 Å². The minimum atomic E-state index is -0.556. The first kappa shape index (κ1) is 40.9. The normalized spacial score (nSPS) is 17.6. The lowest BCUT2D eigenvalue weighted by atomic mass is 9.71. The van der Waals surface area contributed by atoms with Crippen LogP contribution in [0, 0.1) is 11.2 Å². The molecular weight excluding hydrogens is 813 g/mol. The molecule has 3 fully saturated rings. The molecule has 0 atom stereocenters. The number of nitrogens with one attached hydrogen (secondary N) is 2. The van der Waals surface area contributed by atoms with Gasteiger partial charge in [0.1, 0.15) is 5.69 Å². The number of aryl methyl sites for hydroxylation is 1. The Kier molecular flexibility index (Phi) is 10.8. The molecule has 2 N–H and O–H groups in total. The predicted octanol–water partition coefficient (Wildman–Crippen LogP) is 6.42. The number of anilines is 2. The molecule has 62 heavy (non-hydrogen) atoms. The second kappa shape index (κ2) is 16.4. The highest BCUT2D eigenvalue weighted by molar-refractivity contribution is 6.34. The number of hydrogen-bond acceptors (Lipinski definition) is 7. The van der Waals surface area contributed by atoms with E-state index in [1.807, 2.05) is 41.4 Å². The van der Waals surface area contributed by atoms with Crippen molar-refractivity contribution < 1.29 is 28.4 Å². The Morgan fingerprint density at radius 1 is 0.935 bits per heavy atom. The molecule has 1 spiro atoms. The first-order chi connectivity index (χ1) is 29.9. The number of imide groups is 1. The Morgan fingerprint density at radius 3 is 2.42 bits per heavy atom. The smallest absolute Gasteiger partial charge is 0.328 e. The van der Waals surface area contributed by atoms with Gasteiger partial charge in [0.15, 0.2) is 5.82 Å². The maximum atomic E-state index is 16.6. The summed E-state index contributed by atoms with van der Waals surface area (Å²) in [7, 11) is 3.32. The summed E-state index contributed by atoms with van der Waals surface area (Å²) in [5.41, 5.74) is 5.21. The van der Waals surface area contributed by atoms with E-state index in [2.05, 4.69) is 32.4 Å². The number of aromatic nitrogens is 3. The molecule has 0 bridgehead atoms. The number of halogens is 2. The van der Waals surface area contributed by atoms with Gasteiger partial charge in [0.05, 0.1) is 16.2 Å². The van der Waals surface area contributed by atoms with Crippen LogP contribution in [0.3, 0.4) is 0 Å². The fraction of sp³-hybridized carbons (Fsp3) is 0.348. The first-order valence-electron chi connectivity index (χ1n) is 20.9.